The number of hydrogen-bond acceptors (Lipinski definition) is 6. The van der Waals surface area contributed by atoms with E-state index in [9.17, 15) is 9.59 Å². The molecule has 6 rings (SSSR count). The maximum absolute atomic E-state index is 14.1. The van der Waals surface area contributed by atoms with Gasteiger partial charge in [0.05, 0.1) is 32.9 Å². The van der Waals surface area contributed by atoms with Gasteiger partial charge in [0, 0.05) is 10.6 Å². The van der Waals surface area contributed by atoms with Crippen molar-refractivity contribution in [3.05, 3.63) is 160 Å². The van der Waals surface area contributed by atoms with Crippen molar-refractivity contribution in [3.63, 3.8) is 0 Å². The highest BCUT2D eigenvalue weighted by Gasteiger charge is 2.35. The van der Waals surface area contributed by atoms with Gasteiger partial charge in [-0.15, -0.1) is 0 Å². The van der Waals surface area contributed by atoms with Gasteiger partial charge in [-0.05, 0) is 69.9 Å². The molecule has 0 spiro atoms. The standard InChI is InChI=1S/C35H26BrClN2O4S/c1-2-42-34(41)30-31(24-11-5-3-6-12-24)38-35-39(32(30)25-13-7-4-8-14-25)33(40)29(44-35)20-22-16-17-28(27(36)19-22)43-21-23-10-9-15-26(37)18-23/h3-20,32H,2,21H2,1H3/b29-20-/t32-/m1/s1. The molecule has 6 nitrogen and oxygen atoms in total. The van der Waals surface area contributed by atoms with E-state index < -0.39 is 12.0 Å². The molecule has 0 saturated carbocycles. The molecule has 1 atom stereocenters. The van der Waals surface area contributed by atoms with Crippen LogP contribution in [0.25, 0.3) is 11.8 Å². The van der Waals surface area contributed by atoms with Gasteiger partial charge in [-0.3, -0.25) is 9.36 Å². The van der Waals surface area contributed by atoms with Crippen molar-refractivity contribution in [2.24, 2.45) is 4.99 Å². The number of hydrogen-bond donors (Lipinski definition) is 0. The minimum atomic E-state index is -0.710. The first-order chi connectivity index (χ1) is 21.4. The molecule has 0 bridgehead atoms. The monoisotopic (exact) mass is 684 g/mol. The maximum Gasteiger partial charge on any atom is 0.338 e. The van der Waals surface area contributed by atoms with E-state index in [1.54, 1.807) is 11.5 Å². The number of nitrogens with zero attached hydrogens (tertiary/aromatic N) is 2. The molecule has 0 aliphatic carbocycles. The van der Waals surface area contributed by atoms with Crippen LogP contribution in [0.2, 0.25) is 5.02 Å². The second kappa shape index (κ2) is 13.2. The molecule has 0 radical (unpaired) electrons. The van der Waals surface area contributed by atoms with Crippen LogP contribution >= 0.6 is 38.9 Å². The van der Waals surface area contributed by atoms with Gasteiger partial charge in [-0.1, -0.05) is 102 Å². The lowest BCUT2D eigenvalue weighted by molar-refractivity contribution is -0.138. The molecule has 1 aromatic heterocycles. The zero-order chi connectivity index (χ0) is 30.6. The molecule has 2 heterocycles. The number of rotatable bonds is 8. The number of esters is 1. The fourth-order valence-electron chi connectivity index (χ4n) is 5.05. The van der Waals surface area contributed by atoms with E-state index in [1.807, 2.05) is 109 Å². The van der Waals surface area contributed by atoms with Gasteiger partial charge in [0.1, 0.15) is 12.4 Å². The Balaban J connectivity index is 1.44. The quantitative estimate of drug-likeness (QED) is 0.166. The molecular formula is C35H26BrClN2O4S. The summed E-state index contributed by atoms with van der Waals surface area (Å²) >= 11 is 11.0. The third-order valence-electron chi connectivity index (χ3n) is 7.03. The molecule has 9 heteroatoms. The number of carbonyl (C=O) groups excluding carboxylic acids is 1. The SMILES string of the molecule is CCOC(=O)C1=C(c2ccccc2)N=c2s/c(=C\c3ccc(OCc4cccc(Cl)c4)c(Br)c3)c(=O)n2[C@@H]1c1ccccc1. The topological polar surface area (TPSA) is 69.9 Å². The molecule has 5 aromatic rings. The van der Waals surface area contributed by atoms with Crippen molar-refractivity contribution in [1.29, 1.82) is 0 Å². The molecule has 1 aliphatic rings. The van der Waals surface area contributed by atoms with Crippen LogP contribution in [0.15, 0.2) is 123 Å². The van der Waals surface area contributed by atoms with Crippen molar-refractivity contribution >= 4 is 56.6 Å². The van der Waals surface area contributed by atoms with Gasteiger partial charge in [-0.2, -0.15) is 0 Å². The zero-order valence-electron chi connectivity index (χ0n) is 23.6. The molecule has 0 fully saturated rings. The summed E-state index contributed by atoms with van der Waals surface area (Å²) < 4.78 is 14.4. The Morgan fingerprint density at radius 3 is 2.45 bits per heavy atom. The van der Waals surface area contributed by atoms with Crippen molar-refractivity contribution in [2.45, 2.75) is 19.6 Å². The van der Waals surface area contributed by atoms with Gasteiger partial charge in [0.15, 0.2) is 4.80 Å². The maximum atomic E-state index is 14.1. The summed E-state index contributed by atoms with van der Waals surface area (Å²) in [7, 11) is 0. The summed E-state index contributed by atoms with van der Waals surface area (Å²) in [6.45, 7) is 2.33. The second-order valence-electron chi connectivity index (χ2n) is 9.95. The second-order valence-corrected chi connectivity index (χ2v) is 12.3. The van der Waals surface area contributed by atoms with Crippen LogP contribution in [-0.2, 0) is 16.1 Å². The first kappa shape index (κ1) is 29.8. The average molecular weight is 686 g/mol. The minimum absolute atomic E-state index is 0.198. The molecule has 0 unspecified atom stereocenters. The fraction of sp³-hybridized carbons (Fsp3) is 0.114. The predicted octanol–water partition coefficient (Wildman–Crippen LogP) is 6.93. The summed E-state index contributed by atoms with van der Waals surface area (Å²) in [5, 5.41) is 0.654. The fourth-order valence-corrected chi connectivity index (χ4v) is 6.78. The molecule has 220 valence electrons. The molecule has 0 amide bonds. The van der Waals surface area contributed by atoms with Crippen LogP contribution in [0.4, 0.5) is 0 Å². The van der Waals surface area contributed by atoms with E-state index in [0.29, 0.717) is 38.0 Å². The number of thiazole rings is 1. The summed E-state index contributed by atoms with van der Waals surface area (Å²) in [5.74, 6) is 0.162. The normalized spacial score (nSPS) is 14.6. The van der Waals surface area contributed by atoms with Crippen LogP contribution in [0.5, 0.6) is 5.75 Å². The molecule has 1 aliphatic heterocycles. The lowest BCUT2D eigenvalue weighted by Gasteiger charge is -2.25. The third kappa shape index (κ3) is 6.19. The smallest absolute Gasteiger partial charge is 0.338 e. The van der Waals surface area contributed by atoms with Crippen LogP contribution in [0.1, 0.15) is 35.2 Å². The zero-order valence-corrected chi connectivity index (χ0v) is 26.7. The number of benzene rings is 4. The number of halogens is 2. The van der Waals surface area contributed by atoms with E-state index in [4.69, 9.17) is 26.1 Å². The Morgan fingerprint density at radius 2 is 1.75 bits per heavy atom. The number of ether oxygens (including phenoxy) is 2. The Hall–Kier alpha value is -4.24. The van der Waals surface area contributed by atoms with E-state index in [1.165, 1.54) is 11.3 Å². The molecule has 0 N–H and O–H groups in total. The Kier molecular flexibility index (Phi) is 8.93. The lowest BCUT2D eigenvalue weighted by Crippen LogP contribution is -2.39. The van der Waals surface area contributed by atoms with E-state index in [-0.39, 0.29) is 12.2 Å². The van der Waals surface area contributed by atoms with Gasteiger partial charge in [0.25, 0.3) is 5.56 Å². The number of aromatic nitrogens is 1. The number of carbonyl (C=O) groups is 1. The molecule has 44 heavy (non-hydrogen) atoms. The van der Waals surface area contributed by atoms with Crippen molar-refractivity contribution in [3.8, 4) is 5.75 Å². The highest BCUT2D eigenvalue weighted by molar-refractivity contribution is 9.10. The van der Waals surface area contributed by atoms with Crippen LogP contribution < -0.4 is 19.6 Å². The van der Waals surface area contributed by atoms with Gasteiger partial charge < -0.3 is 9.47 Å². The van der Waals surface area contributed by atoms with Crippen molar-refractivity contribution in [1.82, 2.24) is 4.57 Å². The largest absolute Gasteiger partial charge is 0.488 e. The Labute approximate surface area is 271 Å². The lowest BCUT2D eigenvalue weighted by atomic mass is 9.93. The first-order valence-electron chi connectivity index (χ1n) is 13.9. The molecular weight excluding hydrogens is 660 g/mol. The van der Waals surface area contributed by atoms with E-state index in [2.05, 4.69) is 15.9 Å². The highest BCUT2D eigenvalue weighted by Crippen LogP contribution is 2.35. The Bertz CT molecular complexity index is 2060. The number of fused-ring (bicyclic) bond motifs is 1. The summed E-state index contributed by atoms with van der Waals surface area (Å²) in [5.41, 5.74) is 3.90. The van der Waals surface area contributed by atoms with Gasteiger partial charge in [-0.25, -0.2) is 9.79 Å². The van der Waals surface area contributed by atoms with Gasteiger partial charge in [0.2, 0.25) is 0 Å². The third-order valence-corrected chi connectivity index (χ3v) is 8.86. The van der Waals surface area contributed by atoms with E-state index >= 15 is 0 Å². The predicted molar refractivity (Wildman–Crippen MR) is 177 cm³/mol. The van der Waals surface area contributed by atoms with Crippen LogP contribution in [0, 0.1) is 0 Å². The summed E-state index contributed by atoms with van der Waals surface area (Å²) in [6.07, 6.45) is 1.83. The highest BCUT2D eigenvalue weighted by atomic mass is 79.9. The summed E-state index contributed by atoms with van der Waals surface area (Å²) in [6, 6.07) is 31.5. The van der Waals surface area contributed by atoms with Crippen LogP contribution in [-0.4, -0.2) is 17.1 Å². The molecule has 4 aromatic carbocycles. The minimum Gasteiger partial charge on any atom is -0.488 e. The van der Waals surface area contributed by atoms with E-state index in [0.717, 1.165) is 26.7 Å². The van der Waals surface area contributed by atoms with Crippen molar-refractivity contribution < 1.29 is 14.3 Å². The summed E-state index contributed by atoms with van der Waals surface area (Å²) in [4.78, 5) is 33.0. The van der Waals surface area contributed by atoms with Crippen LogP contribution in [0.3, 0.4) is 0 Å². The van der Waals surface area contributed by atoms with Crippen molar-refractivity contribution in [2.75, 3.05) is 6.61 Å². The average Bonchev–Trinajstić information content (AvgIpc) is 3.34. The first-order valence-corrected chi connectivity index (χ1v) is 15.9. The van der Waals surface area contributed by atoms with Gasteiger partial charge >= 0.3 is 5.97 Å². The molecule has 0 saturated heterocycles. The Morgan fingerprint density at radius 1 is 1.00 bits per heavy atom.